The summed E-state index contributed by atoms with van der Waals surface area (Å²) in [6.45, 7) is 9.58. The van der Waals surface area contributed by atoms with E-state index in [4.69, 9.17) is 9.97 Å². The molecule has 0 bridgehead atoms. The van der Waals surface area contributed by atoms with Gasteiger partial charge in [-0.1, -0.05) is 124 Å². The average Bonchev–Trinajstić information content (AvgIpc) is 3.57. The van der Waals surface area contributed by atoms with Gasteiger partial charge in [0.1, 0.15) is 13.9 Å². The Morgan fingerprint density at radius 1 is 0.605 bits per heavy atom. The summed E-state index contributed by atoms with van der Waals surface area (Å²) in [4.78, 5) is 10.8. The number of para-hydroxylation sites is 1. The lowest BCUT2D eigenvalue weighted by Crippen LogP contribution is -2.51. The van der Waals surface area contributed by atoms with E-state index in [0.29, 0.717) is 0 Å². The van der Waals surface area contributed by atoms with E-state index in [0.717, 1.165) is 17.2 Å². The highest BCUT2D eigenvalue weighted by atomic mass is 28.3. The summed E-state index contributed by atoms with van der Waals surface area (Å²) in [5.74, 6) is 1.77. The summed E-state index contributed by atoms with van der Waals surface area (Å²) in [5, 5.41) is 5.17. The zero-order chi connectivity index (χ0) is 29.1. The van der Waals surface area contributed by atoms with Crippen molar-refractivity contribution in [2.24, 2.45) is 0 Å². The van der Waals surface area contributed by atoms with Crippen LogP contribution in [0.2, 0.25) is 13.1 Å². The Bertz CT molecular complexity index is 2290. The first-order valence-corrected chi connectivity index (χ1v) is 18.1. The standard InChI is InChI=1S/C39H31N3Si/c1-39(2)30-19-11-8-16-25(30)28-22-29-26-17-9-12-20-32(26)42(33(29)23-31(28)39)37-35-27-18-10-13-21-34(27)43(3,4)38(35)41-36(40-37)24-14-6-5-7-15-24/h5-23H,1-4H3. The molecule has 43 heavy (non-hydrogen) atoms. The summed E-state index contributed by atoms with van der Waals surface area (Å²) in [6.07, 6.45) is 0. The van der Waals surface area contributed by atoms with Crippen LogP contribution >= 0.6 is 0 Å². The molecule has 0 radical (unpaired) electrons. The van der Waals surface area contributed by atoms with Crippen LogP contribution in [0.25, 0.3) is 61.3 Å². The first kappa shape index (κ1) is 24.8. The number of rotatable bonds is 2. The number of nitrogens with zero attached hydrogens (tertiary/aromatic N) is 3. The van der Waals surface area contributed by atoms with E-state index in [1.54, 1.807) is 0 Å². The van der Waals surface area contributed by atoms with E-state index in [1.165, 1.54) is 65.7 Å². The van der Waals surface area contributed by atoms with Gasteiger partial charge in [-0.25, -0.2) is 9.97 Å². The summed E-state index contributed by atoms with van der Waals surface area (Å²) in [6, 6.07) is 42.0. The topological polar surface area (TPSA) is 30.7 Å². The molecule has 2 aliphatic rings. The third kappa shape index (κ3) is 3.19. The fraction of sp³-hybridized carbons (Fsp3) is 0.128. The maximum absolute atomic E-state index is 5.47. The van der Waals surface area contributed by atoms with Crippen molar-refractivity contribution in [2.75, 3.05) is 0 Å². The summed E-state index contributed by atoms with van der Waals surface area (Å²) < 4.78 is 2.43. The molecular formula is C39H31N3Si. The van der Waals surface area contributed by atoms with Crippen molar-refractivity contribution in [3.05, 3.63) is 126 Å². The molecule has 2 aromatic heterocycles. The van der Waals surface area contributed by atoms with Crippen molar-refractivity contribution in [3.63, 3.8) is 0 Å². The molecule has 9 rings (SSSR count). The second-order valence-corrected chi connectivity index (χ2v) is 17.3. The Labute approximate surface area is 252 Å². The highest BCUT2D eigenvalue weighted by Crippen LogP contribution is 2.51. The monoisotopic (exact) mass is 569 g/mol. The van der Waals surface area contributed by atoms with Crippen LogP contribution in [0.4, 0.5) is 0 Å². The first-order valence-electron chi connectivity index (χ1n) is 15.1. The number of fused-ring (bicyclic) bond motifs is 9. The average molecular weight is 570 g/mol. The number of hydrogen-bond acceptors (Lipinski definition) is 2. The zero-order valence-corrected chi connectivity index (χ0v) is 25.8. The molecule has 0 saturated heterocycles. The van der Waals surface area contributed by atoms with Crippen molar-refractivity contribution in [1.29, 1.82) is 0 Å². The fourth-order valence-electron chi connectivity index (χ4n) is 7.79. The molecule has 1 aliphatic heterocycles. The molecule has 0 spiro atoms. The maximum Gasteiger partial charge on any atom is 0.161 e. The van der Waals surface area contributed by atoms with Gasteiger partial charge in [0, 0.05) is 32.6 Å². The van der Waals surface area contributed by atoms with Gasteiger partial charge in [-0.3, -0.25) is 4.57 Å². The van der Waals surface area contributed by atoms with Crippen molar-refractivity contribution < 1.29 is 0 Å². The Morgan fingerprint density at radius 2 is 1.30 bits per heavy atom. The van der Waals surface area contributed by atoms with Gasteiger partial charge in [0.25, 0.3) is 0 Å². The van der Waals surface area contributed by atoms with Gasteiger partial charge in [-0.2, -0.15) is 0 Å². The quantitative estimate of drug-likeness (QED) is 0.196. The second kappa shape index (κ2) is 8.39. The van der Waals surface area contributed by atoms with Crippen LogP contribution in [-0.2, 0) is 5.41 Å². The van der Waals surface area contributed by atoms with Crippen LogP contribution in [0.1, 0.15) is 25.0 Å². The third-order valence-corrected chi connectivity index (χ3v) is 13.3. The lowest BCUT2D eigenvalue weighted by atomic mass is 9.82. The van der Waals surface area contributed by atoms with Crippen molar-refractivity contribution in [3.8, 4) is 39.5 Å². The highest BCUT2D eigenvalue weighted by Gasteiger charge is 2.42. The molecule has 0 unspecified atom stereocenters. The van der Waals surface area contributed by atoms with Gasteiger partial charge in [0.2, 0.25) is 0 Å². The summed E-state index contributed by atoms with van der Waals surface area (Å²) >= 11 is 0. The molecule has 0 N–H and O–H groups in total. The Balaban J connectivity index is 1.45. The van der Waals surface area contributed by atoms with Gasteiger partial charge in [0.15, 0.2) is 5.82 Å². The minimum atomic E-state index is -2.07. The van der Waals surface area contributed by atoms with E-state index in [1.807, 2.05) is 0 Å². The normalized spacial score (nSPS) is 15.3. The molecule has 3 heterocycles. The van der Waals surface area contributed by atoms with Gasteiger partial charge < -0.3 is 0 Å². The van der Waals surface area contributed by atoms with Crippen LogP contribution in [0.5, 0.6) is 0 Å². The molecule has 4 heteroatoms. The smallest absolute Gasteiger partial charge is 0.161 e. The molecule has 3 nitrogen and oxygen atoms in total. The van der Waals surface area contributed by atoms with Crippen LogP contribution in [0, 0.1) is 0 Å². The third-order valence-electron chi connectivity index (χ3n) is 9.97. The van der Waals surface area contributed by atoms with E-state index < -0.39 is 8.07 Å². The van der Waals surface area contributed by atoms with E-state index >= 15 is 0 Å². The molecule has 0 atom stereocenters. The van der Waals surface area contributed by atoms with E-state index in [2.05, 4.69) is 147 Å². The molecule has 0 amide bonds. The molecule has 206 valence electrons. The Hall–Kier alpha value is -4.80. The molecule has 0 saturated carbocycles. The maximum atomic E-state index is 5.47. The largest absolute Gasteiger partial charge is 0.293 e. The van der Waals surface area contributed by atoms with Gasteiger partial charge >= 0.3 is 0 Å². The zero-order valence-electron chi connectivity index (χ0n) is 24.8. The lowest BCUT2D eigenvalue weighted by Gasteiger charge is -2.22. The highest BCUT2D eigenvalue weighted by molar-refractivity contribution is 7.03. The van der Waals surface area contributed by atoms with Gasteiger partial charge in [-0.15, -0.1) is 0 Å². The lowest BCUT2D eigenvalue weighted by molar-refractivity contribution is 0.661. The van der Waals surface area contributed by atoms with Crippen molar-refractivity contribution in [2.45, 2.75) is 32.4 Å². The minimum absolute atomic E-state index is 0.0915. The van der Waals surface area contributed by atoms with Crippen LogP contribution in [0.15, 0.2) is 115 Å². The van der Waals surface area contributed by atoms with Gasteiger partial charge in [0.05, 0.1) is 11.0 Å². The Morgan fingerprint density at radius 3 is 2.14 bits per heavy atom. The molecular weight excluding hydrogens is 539 g/mol. The predicted molar refractivity (Wildman–Crippen MR) is 182 cm³/mol. The number of hydrogen-bond donors (Lipinski definition) is 0. The summed E-state index contributed by atoms with van der Waals surface area (Å²) in [7, 11) is -2.07. The van der Waals surface area contributed by atoms with E-state index in [-0.39, 0.29) is 5.41 Å². The van der Waals surface area contributed by atoms with Crippen LogP contribution in [0.3, 0.4) is 0 Å². The summed E-state index contributed by atoms with van der Waals surface area (Å²) in [5.41, 5.74) is 11.3. The number of aromatic nitrogens is 3. The van der Waals surface area contributed by atoms with E-state index in [9.17, 15) is 0 Å². The van der Waals surface area contributed by atoms with Crippen molar-refractivity contribution in [1.82, 2.24) is 14.5 Å². The van der Waals surface area contributed by atoms with Crippen LogP contribution < -0.4 is 10.5 Å². The molecule has 7 aromatic rings. The predicted octanol–water partition coefficient (Wildman–Crippen LogP) is 8.35. The van der Waals surface area contributed by atoms with Crippen molar-refractivity contribution >= 4 is 40.4 Å². The van der Waals surface area contributed by atoms with Gasteiger partial charge in [-0.05, 0) is 51.2 Å². The molecule has 5 aromatic carbocycles. The minimum Gasteiger partial charge on any atom is -0.293 e. The SMILES string of the molecule is CC1(C)c2ccccc2-c2cc3c4ccccc4n(-c4nc(-c5ccccc5)nc5c4-c4ccccc4[Si]5(C)C)c3cc21. The fourth-order valence-corrected chi connectivity index (χ4v) is 10.7. The molecule has 0 fully saturated rings. The number of benzene rings is 5. The first-order chi connectivity index (χ1) is 20.9. The molecule has 1 aliphatic carbocycles. The Kier molecular flexibility index (Phi) is 4.83. The second-order valence-electron chi connectivity index (χ2n) is 13.1. The van der Waals surface area contributed by atoms with Crippen LogP contribution in [-0.4, -0.2) is 22.6 Å².